The third-order valence-corrected chi connectivity index (χ3v) is 2.58. The fraction of sp³-hybridized carbons (Fsp3) is 0.538. The molecule has 0 saturated carbocycles. The minimum atomic E-state index is -0.360. The van der Waals surface area contributed by atoms with E-state index < -0.39 is 0 Å². The second kappa shape index (κ2) is 7.25. The van der Waals surface area contributed by atoms with Gasteiger partial charge in [0.1, 0.15) is 11.6 Å². The summed E-state index contributed by atoms with van der Waals surface area (Å²) in [7, 11) is 1.51. The number of benzene rings is 1. The van der Waals surface area contributed by atoms with Crippen LogP contribution < -0.4 is 10.1 Å². The first kappa shape index (κ1) is 13.9. The topological polar surface area (TPSA) is 41.5 Å². The predicted octanol–water partition coefficient (Wildman–Crippen LogP) is 2.08. The van der Waals surface area contributed by atoms with E-state index in [1.54, 1.807) is 12.1 Å². The molecular weight excluding hydrogens is 221 g/mol. The van der Waals surface area contributed by atoms with Crippen LogP contribution in [0, 0.1) is 5.82 Å². The Hall–Kier alpha value is -1.13. The maximum atomic E-state index is 13.5. The normalized spacial score (nSPS) is 12.5. The van der Waals surface area contributed by atoms with Gasteiger partial charge in [0.25, 0.3) is 0 Å². The maximum Gasteiger partial charge on any atom is 0.131 e. The van der Waals surface area contributed by atoms with Gasteiger partial charge in [-0.3, -0.25) is 0 Å². The Balaban J connectivity index is 2.41. The highest BCUT2D eigenvalue weighted by Gasteiger charge is 2.05. The minimum Gasteiger partial charge on any atom is -0.497 e. The molecule has 1 atom stereocenters. The number of methoxy groups -OCH3 is 1. The van der Waals surface area contributed by atoms with E-state index in [0.29, 0.717) is 24.4 Å². The maximum absolute atomic E-state index is 13.5. The van der Waals surface area contributed by atoms with Gasteiger partial charge in [-0.1, -0.05) is 19.4 Å². The molecule has 17 heavy (non-hydrogen) atoms. The number of rotatable bonds is 7. The average Bonchev–Trinajstić information content (AvgIpc) is 2.31. The van der Waals surface area contributed by atoms with E-state index in [9.17, 15) is 9.50 Å². The third-order valence-electron chi connectivity index (χ3n) is 2.58. The summed E-state index contributed by atoms with van der Waals surface area (Å²) in [5.74, 6) is 0.221. The van der Waals surface area contributed by atoms with E-state index in [4.69, 9.17) is 4.74 Å². The largest absolute Gasteiger partial charge is 0.497 e. The van der Waals surface area contributed by atoms with Crippen LogP contribution in [0.4, 0.5) is 4.39 Å². The summed E-state index contributed by atoms with van der Waals surface area (Å²) in [6, 6.07) is 4.77. The monoisotopic (exact) mass is 241 g/mol. The number of hydrogen-bond donors (Lipinski definition) is 2. The Labute approximate surface area is 102 Å². The van der Waals surface area contributed by atoms with Crippen molar-refractivity contribution in [3.63, 3.8) is 0 Å². The standard InChI is InChI=1S/C13H20FNO2/c1-3-4-11(16)9-15-8-10-5-6-12(17-2)7-13(10)14/h5-7,11,15-16H,3-4,8-9H2,1-2H3. The van der Waals surface area contributed by atoms with Crippen LogP contribution in [0.3, 0.4) is 0 Å². The lowest BCUT2D eigenvalue weighted by Crippen LogP contribution is -2.26. The van der Waals surface area contributed by atoms with Crippen molar-refractivity contribution < 1.29 is 14.2 Å². The molecule has 2 N–H and O–H groups in total. The highest BCUT2D eigenvalue weighted by atomic mass is 19.1. The van der Waals surface area contributed by atoms with Crippen molar-refractivity contribution in [1.29, 1.82) is 0 Å². The highest BCUT2D eigenvalue weighted by molar-refractivity contribution is 5.28. The Morgan fingerprint density at radius 1 is 1.47 bits per heavy atom. The fourth-order valence-corrected chi connectivity index (χ4v) is 1.61. The van der Waals surface area contributed by atoms with E-state index in [-0.39, 0.29) is 11.9 Å². The second-order valence-corrected chi connectivity index (χ2v) is 4.03. The molecule has 0 radical (unpaired) electrons. The Kier molecular flexibility index (Phi) is 5.94. The van der Waals surface area contributed by atoms with E-state index in [1.165, 1.54) is 13.2 Å². The summed E-state index contributed by atoms with van der Waals surface area (Å²) < 4.78 is 18.5. The summed E-state index contributed by atoms with van der Waals surface area (Å²) in [6.45, 7) is 2.92. The molecule has 1 aromatic rings. The van der Waals surface area contributed by atoms with Crippen molar-refractivity contribution in [3.8, 4) is 5.75 Å². The van der Waals surface area contributed by atoms with Crippen molar-refractivity contribution in [3.05, 3.63) is 29.6 Å². The van der Waals surface area contributed by atoms with Crippen molar-refractivity contribution in [2.75, 3.05) is 13.7 Å². The van der Waals surface area contributed by atoms with E-state index in [1.807, 2.05) is 6.92 Å². The van der Waals surface area contributed by atoms with Crippen LogP contribution >= 0.6 is 0 Å². The van der Waals surface area contributed by atoms with Crippen molar-refractivity contribution in [1.82, 2.24) is 5.32 Å². The lowest BCUT2D eigenvalue weighted by molar-refractivity contribution is 0.160. The molecule has 0 saturated heterocycles. The molecule has 0 heterocycles. The van der Waals surface area contributed by atoms with Crippen molar-refractivity contribution >= 4 is 0 Å². The Morgan fingerprint density at radius 2 is 2.24 bits per heavy atom. The summed E-state index contributed by atoms with van der Waals surface area (Å²) in [4.78, 5) is 0. The van der Waals surface area contributed by atoms with Crippen LogP contribution in [-0.2, 0) is 6.54 Å². The first-order chi connectivity index (χ1) is 8.17. The molecule has 0 aliphatic rings. The minimum absolute atomic E-state index is 0.290. The molecule has 1 rings (SSSR count). The number of aliphatic hydroxyl groups excluding tert-OH is 1. The summed E-state index contributed by atoms with van der Waals surface area (Å²) in [6.07, 6.45) is 1.35. The van der Waals surface area contributed by atoms with E-state index >= 15 is 0 Å². The van der Waals surface area contributed by atoms with Crippen LogP contribution in [0.1, 0.15) is 25.3 Å². The van der Waals surface area contributed by atoms with Gasteiger partial charge in [0.2, 0.25) is 0 Å². The molecule has 1 aromatic carbocycles. The van der Waals surface area contributed by atoms with Crippen LogP contribution in [0.5, 0.6) is 5.75 Å². The Bertz CT molecular complexity index is 344. The summed E-state index contributed by atoms with van der Waals surface area (Å²) in [5, 5.41) is 12.5. The molecule has 0 amide bonds. The summed E-state index contributed by atoms with van der Waals surface area (Å²) >= 11 is 0. The van der Waals surface area contributed by atoms with Gasteiger partial charge in [-0.25, -0.2) is 4.39 Å². The smallest absolute Gasteiger partial charge is 0.131 e. The predicted molar refractivity (Wildman–Crippen MR) is 65.6 cm³/mol. The van der Waals surface area contributed by atoms with Gasteiger partial charge in [-0.05, 0) is 12.5 Å². The van der Waals surface area contributed by atoms with Crippen LogP contribution in [0.25, 0.3) is 0 Å². The van der Waals surface area contributed by atoms with E-state index in [2.05, 4.69) is 5.32 Å². The zero-order valence-electron chi connectivity index (χ0n) is 10.4. The number of nitrogens with one attached hydrogen (secondary N) is 1. The molecule has 1 unspecified atom stereocenters. The second-order valence-electron chi connectivity index (χ2n) is 4.03. The van der Waals surface area contributed by atoms with Gasteiger partial charge < -0.3 is 15.2 Å². The molecular formula is C13H20FNO2. The SMILES string of the molecule is CCCC(O)CNCc1ccc(OC)cc1F. The fourth-order valence-electron chi connectivity index (χ4n) is 1.61. The molecule has 0 aliphatic carbocycles. The molecule has 0 bridgehead atoms. The number of halogens is 1. The molecule has 0 aliphatic heterocycles. The quantitative estimate of drug-likeness (QED) is 0.768. The number of ether oxygens (including phenoxy) is 1. The van der Waals surface area contributed by atoms with Gasteiger partial charge in [0.15, 0.2) is 0 Å². The lowest BCUT2D eigenvalue weighted by Gasteiger charge is -2.11. The average molecular weight is 241 g/mol. The molecule has 0 aromatic heterocycles. The van der Waals surface area contributed by atoms with Crippen molar-refractivity contribution in [2.45, 2.75) is 32.4 Å². The first-order valence-corrected chi connectivity index (χ1v) is 5.88. The van der Waals surface area contributed by atoms with Crippen LogP contribution in [-0.4, -0.2) is 24.9 Å². The lowest BCUT2D eigenvalue weighted by atomic mass is 10.2. The highest BCUT2D eigenvalue weighted by Crippen LogP contribution is 2.15. The molecule has 0 spiro atoms. The first-order valence-electron chi connectivity index (χ1n) is 5.88. The van der Waals surface area contributed by atoms with Gasteiger partial charge in [-0.2, -0.15) is 0 Å². The van der Waals surface area contributed by atoms with Gasteiger partial charge in [0.05, 0.1) is 13.2 Å². The summed E-state index contributed by atoms with van der Waals surface area (Å²) in [5.41, 5.74) is 0.578. The van der Waals surface area contributed by atoms with Gasteiger partial charge >= 0.3 is 0 Å². The third kappa shape index (κ3) is 4.71. The molecule has 4 heteroatoms. The van der Waals surface area contributed by atoms with Gasteiger partial charge in [0, 0.05) is 24.7 Å². The zero-order valence-corrected chi connectivity index (χ0v) is 10.4. The molecule has 96 valence electrons. The Morgan fingerprint density at radius 3 is 2.82 bits per heavy atom. The number of hydrogen-bond acceptors (Lipinski definition) is 3. The van der Waals surface area contributed by atoms with Crippen LogP contribution in [0.15, 0.2) is 18.2 Å². The van der Waals surface area contributed by atoms with Crippen LogP contribution in [0.2, 0.25) is 0 Å². The number of aliphatic hydroxyl groups is 1. The molecule has 0 fully saturated rings. The molecule has 3 nitrogen and oxygen atoms in total. The zero-order chi connectivity index (χ0) is 12.7. The van der Waals surface area contributed by atoms with Crippen molar-refractivity contribution in [2.24, 2.45) is 0 Å². The van der Waals surface area contributed by atoms with Gasteiger partial charge in [-0.15, -0.1) is 0 Å². The van der Waals surface area contributed by atoms with E-state index in [0.717, 1.165) is 12.8 Å².